The first-order valence-electron chi connectivity index (χ1n) is 3.87. The molecule has 15 heavy (non-hydrogen) atoms. The molecule has 4 nitrogen and oxygen atoms in total. The summed E-state index contributed by atoms with van der Waals surface area (Å²) in [5, 5.41) is 0.404. The van der Waals surface area contributed by atoms with E-state index in [0.717, 1.165) is 6.26 Å². The van der Waals surface area contributed by atoms with Crippen molar-refractivity contribution in [3.05, 3.63) is 28.8 Å². The Kier molecular flexibility index (Phi) is 3.54. The van der Waals surface area contributed by atoms with Gasteiger partial charge in [-0.15, -0.1) is 0 Å². The molecule has 0 fully saturated rings. The second-order valence-electron chi connectivity index (χ2n) is 2.93. The number of sulfonamides is 1. The maximum absolute atomic E-state index is 11.0. The zero-order valence-electron chi connectivity index (χ0n) is 7.82. The highest BCUT2D eigenvalue weighted by Gasteiger charge is 2.09. The average Bonchev–Trinajstić information content (AvgIpc) is 1.99. The average molecular weight is 265 g/mol. The Morgan fingerprint density at radius 2 is 2.13 bits per heavy atom. The molecule has 0 aliphatic rings. The van der Waals surface area contributed by atoms with E-state index in [9.17, 15) is 8.42 Å². The fourth-order valence-electron chi connectivity index (χ4n) is 1.02. The van der Waals surface area contributed by atoms with Gasteiger partial charge in [0.1, 0.15) is 4.99 Å². The Morgan fingerprint density at radius 3 is 2.60 bits per heavy atom. The molecule has 82 valence electrons. The number of hydrogen-bond donors (Lipinski definition) is 2. The number of halogens is 1. The van der Waals surface area contributed by atoms with E-state index in [-0.39, 0.29) is 10.7 Å². The summed E-state index contributed by atoms with van der Waals surface area (Å²) in [6.45, 7) is 0. The van der Waals surface area contributed by atoms with Gasteiger partial charge in [0.25, 0.3) is 0 Å². The molecular weight excluding hydrogens is 256 g/mol. The van der Waals surface area contributed by atoms with Gasteiger partial charge in [-0.2, -0.15) is 0 Å². The molecule has 0 aliphatic carbocycles. The first kappa shape index (κ1) is 12.2. The zero-order chi connectivity index (χ0) is 11.6. The highest BCUT2D eigenvalue weighted by Crippen LogP contribution is 2.21. The number of benzene rings is 1. The minimum Gasteiger partial charge on any atom is -0.389 e. The smallest absolute Gasteiger partial charge is 0.229 e. The molecule has 0 amide bonds. The molecule has 1 rings (SSSR count). The Labute approximate surface area is 98.5 Å². The molecule has 0 saturated carbocycles. The Hall–Kier alpha value is -0.850. The van der Waals surface area contributed by atoms with E-state index < -0.39 is 10.0 Å². The van der Waals surface area contributed by atoms with E-state index in [1.54, 1.807) is 12.1 Å². The lowest BCUT2D eigenvalue weighted by molar-refractivity contribution is 0.607. The first-order valence-corrected chi connectivity index (χ1v) is 6.54. The number of hydrogen-bond acceptors (Lipinski definition) is 3. The van der Waals surface area contributed by atoms with Crippen molar-refractivity contribution < 1.29 is 8.42 Å². The molecule has 7 heteroatoms. The van der Waals surface area contributed by atoms with Crippen LogP contribution in [0.15, 0.2) is 18.2 Å². The molecule has 0 unspecified atom stereocenters. The number of anilines is 1. The van der Waals surface area contributed by atoms with Crippen LogP contribution >= 0.6 is 23.8 Å². The van der Waals surface area contributed by atoms with Crippen molar-refractivity contribution in [3.8, 4) is 0 Å². The van der Waals surface area contributed by atoms with Crippen LogP contribution in [0, 0.1) is 0 Å². The van der Waals surface area contributed by atoms with E-state index >= 15 is 0 Å². The minimum atomic E-state index is -3.37. The van der Waals surface area contributed by atoms with Crippen LogP contribution in [0.5, 0.6) is 0 Å². The normalized spacial score (nSPS) is 11.1. The molecule has 0 spiro atoms. The summed E-state index contributed by atoms with van der Waals surface area (Å²) in [5.41, 5.74) is 6.17. The maximum atomic E-state index is 11.0. The summed E-state index contributed by atoms with van der Waals surface area (Å²) in [4.78, 5) is 0.109. The fourth-order valence-corrected chi connectivity index (χ4v) is 1.93. The molecule has 0 atom stereocenters. The number of thiocarbonyl (C=S) groups is 1. The molecule has 0 aromatic heterocycles. The van der Waals surface area contributed by atoms with Gasteiger partial charge in [-0.25, -0.2) is 8.42 Å². The van der Waals surface area contributed by atoms with Crippen LogP contribution in [-0.4, -0.2) is 19.7 Å². The van der Waals surface area contributed by atoms with Crippen LogP contribution in [0.1, 0.15) is 5.56 Å². The van der Waals surface area contributed by atoms with Crippen LogP contribution in [0.25, 0.3) is 0 Å². The summed E-state index contributed by atoms with van der Waals surface area (Å²) >= 11 is 10.5. The molecule has 1 aromatic rings. The van der Waals surface area contributed by atoms with E-state index in [1.165, 1.54) is 6.07 Å². The maximum Gasteiger partial charge on any atom is 0.229 e. The molecule has 3 N–H and O–H groups in total. The van der Waals surface area contributed by atoms with Gasteiger partial charge >= 0.3 is 0 Å². The van der Waals surface area contributed by atoms with Gasteiger partial charge < -0.3 is 5.73 Å². The van der Waals surface area contributed by atoms with Gasteiger partial charge in [0.15, 0.2) is 0 Å². The van der Waals surface area contributed by atoms with Gasteiger partial charge in [-0.3, -0.25) is 4.72 Å². The number of nitrogens with one attached hydrogen (secondary N) is 1. The second-order valence-corrected chi connectivity index (χ2v) is 5.55. The van der Waals surface area contributed by atoms with Crippen molar-refractivity contribution in [3.63, 3.8) is 0 Å². The third-order valence-corrected chi connectivity index (χ3v) is 2.59. The standard InChI is InChI=1S/C8H9ClN2O2S2/c1-15(12,13)11-7-4-5(9)2-3-6(7)8(10)14/h2-4,11H,1H3,(H2,10,14). The lowest BCUT2D eigenvalue weighted by Crippen LogP contribution is -2.16. The largest absolute Gasteiger partial charge is 0.389 e. The predicted molar refractivity (Wildman–Crippen MR) is 65.8 cm³/mol. The van der Waals surface area contributed by atoms with Crippen LogP contribution in [0.4, 0.5) is 5.69 Å². The van der Waals surface area contributed by atoms with Crippen molar-refractivity contribution >= 4 is 44.5 Å². The first-order chi connectivity index (χ1) is 6.79. The van der Waals surface area contributed by atoms with E-state index in [1.807, 2.05) is 0 Å². The highest BCUT2D eigenvalue weighted by molar-refractivity contribution is 7.92. The molecule has 0 bridgehead atoms. The van der Waals surface area contributed by atoms with E-state index in [2.05, 4.69) is 4.72 Å². The van der Waals surface area contributed by atoms with Crippen LogP contribution < -0.4 is 10.5 Å². The van der Waals surface area contributed by atoms with Crippen molar-refractivity contribution in [2.45, 2.75) is 0 Å². The van der Waals surface area contributed by atoms with E-state index in [0.29, 0.717) is 10.6 Å². The summed E-state index contributed by atoms with van der Waals surface area (Å²) in [6, 6.07) is 4.61. The third kappa shape index (κ3) is 3.65. The van der Waals surface area contributed by atoms with Gasteiger partial charge in [0.05, 0.1) is 11.9 Å². The SMILES string of the molecule is CS(=O)(=O)Nc1cc(Cl)ccc1C(N)=S. The monoisotopic (exact) mass is 264 g/mol. The highest BCUT2D eigenvalue weighted by atomic mass is 35.5. The summed E-state index contributed by atoms with van der Waals surface area (Å²) in [5.74, 6) is 0. The van der Waals surface area contributed by atoms with Crippen molar-refractivity contribution in [1.29, 1.82) is 0 Å². The summed E-state index contributed by atoms with van der Waals surface area (Å²) in [6.07, 6.45) is 1.04. The molecule has 0 aliphatic heterocycles. The van der Waals surface area contributed by atoms with Crippen molar-refractivity contribution in [1.82, 2.24) is 0 Å². The lowest BCUT2D eigenvalue weighted by Gasteiger charge is -2.09. The minimum absolute atomic E-state index is 0.109. The fraction of sp³-hybridized carbons (Fsp3) is 0.125. The topological polar surface area (TPSA) is 72.2 Å². The Balaban J connectivity index is 3.25. The van der Waals surface area contributed by atoms with Crippen LogP contribution in [-0.2, 0) is 10.0 Å². The molecule has 0 radical (unpaired) electrons. The van der Waals surface area contributed by atoms with Gasteiger partial charge in [-0.05, 0) is 18.2 Å². The quantitative estimate of drug-likeness (QED) is 0.809. The molecule has 0 heterocycles. The zero-order valence-corrected chi connectivity index (χ0v) is 10.2. The predicted octanol–water partition coefficient (Wildman–Crippen LogP) is 1.35. The third-order valence-electron chi connectivity index (χ3n) is 1.54. The van der Waals surface area contributed by atoms with Crippen molar-refractivity contribution in [2.75, 3.05) is 11.0 Å². The van der Waals surface area contributed by atoms with Gasteiger partial charge in [0.2, 0.25) is 10.0 Å². The second kappa shape index (κ2) is 4.34. The van der Waals surface area contributed by atoms with Gasteiger partial charge in [0, 0.05) is 10.6 Å². The van der Waals surface area contributed by atoms with Crippen molar-refractivity contribution in [2.24, 2.45) is 5.73 Å². The van der Waals surface area contributed by atoms with Crippen LogP contribution in [0.2, 0.25) is 5.02 Å². The Morgan fingerprint density at radius 1 is 1.53 bits per heavy atom. The lowest BCUT2D eigenvalue weighted by atomic mass is 10.2. The summed E-state index contributed by atoms with van der Waals surface area (Å²) in [7, 11) is -3.37. The summed E-state index contributed by atoms with van der Waals surface area (Å²) < 4.78 is 24.4. The molecule has 1 aromatic carbocycles. The van der Waals surface area contributed by atoms with Gasteiger partial charge in [-0.1, -0.05) is 23.8 Å². The van der Waals surface area contributed by atoms with E-state index in [4.69, 9.17) is 29.6 Å². The number of rotatable bonds is 3. The number of nitrogens with two attached hydrogens (primary N) is 1. The van der Waals surface area contributed by atoms with Crippen LogP contribution in [0.3, 0.4) is 0 Å². The molecular formula is C8H9ClN2O2S2. The Bertz CT molecular complexity index is 499. The molecule has 0 saturated heterocycles.